The van der Waals surface area contributed by atoms with Gasteiger partial charge in [-0.2, -0.15) is 0 Å². The SMILES string of the molecule is CC(=O)Nc1ccc(C(=O)Nc2nc3c(s2)CC(C)CC3)s1. The van der Waals surface area contributed by atoms with E-state index in [9.17, 15) is 9.59 Å². The van der Waals surface area contributed by atoms with Crippen molar-refractivity contribution >= 4 is 44.6 Å². The number of thiazole rings is 1. The van der Waals surface area contributed by atoms with Gasteiger partial charge in [-0.05, 0) is 37.3 Å². The van der Waals surface area contributed by atoms with Crippen LogP contribution in [0.25, 0.3) is 0 Å². The summed E-state index contributed by atoms with van der Waals surface area (Å²) < 4.78 is 0. The van der Waals surface area contributed by atoms with E-state index in [1.165, 1.54) is 23.1 Å². The van der Waals surface area contributed by atoms with E-state index in [1.54, 1.807) is 23.5 Å². The third kappa shape index (κ3) is 3.36. The Morgan fingerprint density at radius 3 is 2.86 bits per heavy atom. The van der Waals surface area contributed by atoms with Gasteiger partial charge >= 0.3 is 0 Å². The molecule has 2 heterocycles. The van der Waals surface area contributed by atoms with Crippen molar-refractivity contribution in [3.8, 4) is 0 Å². The minimum absolute atomic E-state index is 0.143. The van der Waals surface area contributed by atoms with Crippen LogP contribution in [-0.2, 0) is 17.6 Å². The summed E-state index contributed by atoms with van der Waals surface area (Å²) in [5.41, 5.74) is 1.13. The molecule has 2 amide bonds. The van der Waals surface area contributed by atoms with E-state index < -0.39 is 0 Å². The van der Waals surface area contributed by atoms with Crippen molar-refractivity contribution in [3.05, 3.63) is 27.6 Å². The maximum Gasteiger partial charge on any atom is 0.267 e. The lowest BCUT2D eigenvalue weighted by Gasteiger charge is -2.15. The summed E-state index contributed by atoms with van der Waals surface area (Å²) in [6.45, 7) is 3.69. The highest BCUT2D eigenvalue weighted by Crippen LogP contribution is 2.32. The van der Waals surface area contributed by atoms with Gasteiger partial charge < -0.3 is 5.32 Å². The fourth-order valence-corrected chi connectivity index (χ4v) is 4.47. The van der Waals surface area contributed by atoms with Crippen LogP contribution in [0.15, 0.2) is 12.1 Å². The number of hydrogen-bond acceptors (Lipinski definition) is 5. The highest BCUT2D eigenvalue weighted by Gasteiger charge is 2.21. The van der Waals surface area contributed by atoms with Gasteiger partial charge in [0.05, 0.1) is 15.6 Å². The Balaban J connectivity index is 1.69. The number of aromatic nitrogens is 1. The molecule has 0 fully saturated rings. The number of hydrogen-bond donors (Lipinski definition) is 2. The molecule has 2 aromatic heterocycles. The molecule has 22 heavy (non-hydrogen) atoms. The van der Waals surface area contributed by atoms with Gasteiger partial charge in [0.2, 0.25) is 5.91 Å². The molecule has 1 unspecified atom stereocenters. The van der Waals surface area contributed by atoms with Crippen molar-refractivity contribution in [1.29, 1.82) is 0 Å². The van der Waals surface area contributed by atoms with Gasteiger partial charge in [0.25, 0.3) is 5.91 Å². The Hall–Kier alpha value is -1.73. The molecule has 0 aromatic carbocycles. The molecule has 0 saturated carbocycles. The lowest BCUT2D eigenvalue weighted by molar-refractivity contribution is -0.114. The first-order valence-corrected chi connectivity index (χ1v) is 8.82. The molecule has 7 heteroatoms. The molecule has 5 nitrogen and oxygen atoms in total. The van der Waals surface area contributed by atoms with Crippen molar-refractivity contribution in [2.45, 2.75) is 33.1 Å². The Labute approximate surface area is 136 Å². The molecule has 0 saturated heterocycles. The van der Waals surface area contributed by atoms with E-state index >= 15 is 0 Å². The average Bonchev–Trinajstić information content (AvgIpc) is 3.03. The summed E-state index contributed by atoms with van der Waals surface area (Å²) in [6, 6.07) is 3.44. The zero-order valence-corrected chi connectivity index (χ0v) is 14.1. The van der Waals surface area contributed by atoms with Crippen LogP contribution in [0, 0.1) is 5.92 Å². The van der Waals surface area contributed by atoms with Crippen molar-refractivity contribution < 1.29 is 9.59 Å². The molecule has 1 aliphatic rings. The van der Waals surface area contributed by atoms with Crippen molar-refractivity contribution in [3.63, 3.8) is 0 Å². The number of amides is 2. The summed E-state index contributed by atoms with van der Waals surface area (Å²) in [4.78, 5) is 29.6. The number of thiophene rings is 1. The minimum atomic E-state index is -0.180. The monoisotopic (exact) mass is 335 g/mol. The van der Waals surface area contributed by atoms with Crippen LogP contribution in [0.2, 0.25) is 0 Å². The zero-order chi connectivity index (χ0) is 15.7. The Morgan fingerprint density at radius 2 is 2.09 bits per heavy atom. The predicted octanol–water partition coefficient (Wildman–Crippen LogP) is 3.54. The second kappa shape index (κ2) is 6.18. The van der Waals surface area contributed by atoms with Crippen LogP contribution in [-0.4, -0.2) is 16.8 Å². The number of rotatable bonds is 3. The van der Waals surface area contributed by atoms with Gasteiger partial charge in [0, 0.05) is 11.8 Å². The molecule has 1 atom stereocenters. The van der Waals surface area contributed by atoms with Crippen LogP contribution in [0.1, 0.15) is 40.5 Å². The van der Waals surface area contributed by atoms with Gasteiger partial charge in [-0.3, -0.25) is 14.9 Å². The fraction of sp³-hybridized carbons (Fsp3) is 0.400. The first-order chi connectivity index (χ1) is 10.5. The zero-order valence-electron chi connectivity index (χ0n) is 12.4. The normalized spacial score (nSPS) is 16.9. The highest BCUT2D eigenvalue weighted by molar-refractivity contribution is 7.18. The number of anilines is 2. The molecule has 3 rings (SSSR count). The molecule has 116 valence electrons. The van der Waals surface area contributed by atoms with Crippen molar-refractivity contribution in [1.82, 2.24) is 4.98 Å². The smallest absolute Gasteiger partial charge is 0.267 e. The molecule has 2 aromatic rings. The first-order valence-electron chi connectivity index (χ1n) is 7.18. The highest BCUT2D eigenvalue weighted by atomic mass is 32.1. The molecular formula is C15H17N3O2S2. The maximum atomic E-state index is 12.2. The van der Waals surface area contributed by atoms with Crippen LogP contribution in [0.5, 0.6) is 0 Å². The van der Waals surface area contributed by atoms with Gasteiger partial charge in [-0.15, -0.1) is 22.7 Å². The Bertz CT molecular complexity index is 720. The van der Waals surface area contributed by atoms with E-state index in [2.05, 4.69) is 22.5 Å². The standard InChI is InChI=1S/C15H17N3O2S2/c1-8-3-4-10-12(7-8)22-15(17-10)18-14(20)11-5-6-13(21-11)16-9(2)19/h5-6,8H,3-4,7H2,1-2H3,(H,16,19)(H,17,18,20). The average molecular weight is 335 g/mol. The number of fused-ring (bicyclic) bond motifs is 1. The maximum absolute atomic E-state index is 12.2. The topological polar surface area (TPSA) is 71.1 Å². The predicted molar refractivity (Wildman–Crippen MR) is 89.9 cm³/mol. The lowest BCUT2D eigenvalue weighted by Crippen LogP contribution is -2.10. The number of nitrogens with one attached hydrogen (secondary N) is 2. The number of nitrogens with zero attached hydrogens (tertiary/aromatic N) is 1. The number of aryl methyl sites for hydroxylation is 1. The quantitative estimate of drug-likeness (QED) is 0.901. The van der Waals surface area contributed by atoms with Crippen LogP contribution in [0.4, 0.5) is 10.1 Å². The second-order valence-electron chi connectivity index (χ2n) is 5.54. The molecule has 0 radical (unpaired) electrons. The van der Waals surface area contributed by atoms with E-state index in [1.807, 2.05) is 0 Å². The van der Waals surface area contributed by atoms with E-state index in [4.69, 9.17) is 0 Å². The van der Waals surface area contributed by atoms with Gasteiger partial charge in [0.15, 0.2) is 5.13 Å². The Kier molecular flexibility index (Phi) is 4.26. The van der Waals surface area contributed by atoms with Gasteiger partial charge in [-0.1, -0.05) is 6.92 Å². The van der Waals surface area contributed by atoms with Crippen molar-refractivity contribution in [2.75, 3.05) is 10.6 Å². The molecule has 0 aliphatic heterocycles. The first kappa shape index (κ1) is 15.2. The fourth-order valence-electron chi connectivity index (χ4n) is 2.45. The molecule has 0 bridgehead atoms. The van der Waals surface area contributed by atoms with Crippen molar-refractivity contribution in [2.24, 2.45) is 5.92 Å². The van der Waals surface area contributed by atoms with E-state index in [0.717, 1.165) is 25.0 Å². The molecule has 2 N–H and O–H groups in total. The molecular weight excluding hydrogens is 318 g/mol. The number of carbonyl (C=O) groups is 2. The van der Waals surface area contributed by atoms with E-state index in [0.29, 0.717) is 20.9 Å². The summed E-state index contributed by atoms with van der Waals surface area (Å²) in [5, 5.41) is 6.87. The second-order valence-corrected chi connectivity index (χ2v) is 7.70. The molecule has 1 aliphatic carbocycles. The number of carbonyl (C=O) groups excluding carboxylic acids is 2. The third-order valence-electron chi connectivity index (χ3n) is 3.54. The molecule has 0 spiro atoms. The summed E-state index contributed by atoms with van der Waals surface area (Å²) in [5.74, 6) is 0.366. The van der Waals surface area contributed by atoms with Crippen LogP contribution < -0.4 is 10.6 Å². The minimum Gasteiger partial charge on any atom is -0.318 e. The Morgan fingerprint density at radius 1 is 1.27 bits per heavy atom. The third-order valence-corrected chi connectivity index (χ3v) is 5.57. The van der Waals surface area contributed by atoms with Crippen LogP contribution in [0.3, 0.4) is 0 Å². The summed E-state index contributed by atoms with van der Waals surface area (Å²) in [6.07, 6.45) is 3.21. The van der Waals surface area contributed by atoms with Gasteiger partial charge in [-0.25, -0.2) is 4.98 Å². The summed E-state index contributed by atoms with van der Waals surface area (Å²) in [7, 11) is 0. The van der Waals surface area contributed by atoms with Gasteiger partial charge in [0.1, 0.15) is 0 Å². The summed E-state index contributed by atoms with van der Waals surface area (Å²) >= 11 is 2.83. The van der Waals surface area contributed by atoms with Crippen LogP contribution >= 0.6 is 22.7 Å². The lowest BCUT2D eigenvalue weighted by atomic mass is 9.93. The largest absolute Gasteiger partial charge is 0.318 e. The van der Waals surface area contributed by atoms with E-state index in [-0.39, 0.29) is 11.8 Å².